The van der Waals surface area contributed by atoms with Crippen LogP contribution in [0.4, 0.5) is 0 Å². The molecule has 1 aliphatic rings. The summed E-state index contributed by atoms with van der Waals surface area (Å²) in [6, 6.07) is 19.6. The quantitative estimate of drug-likeness (QED) is 0.889. The van der Waals surface area contributed by atoms with E-state index in [9.17, 15) is 0 Å². The highest BCUT2D eigenvalue weighted by Crippen LogP contribution is 2.30. The summed E-state index contributed by atoms with van der Waals surface area (Å²) < 4.78 is 0. The molecule has 1 N–H and O–H groups in total. The van der Waals surface area contributed by atoms with Gasteiger partial charge in [-0.25, -0.2) is 0 Å². The van der Waals surface area contributed by atoms with Crippen LogP contribution in [0.25, 0.3) is 0 Å². The van der Waals surface area contributed by atoms with Crippen LogP contribution in [0, 0.1) is 0 Å². The van der Waals surface area contributed by atoms with Crippen molar-refractivity contribution in [3.8, 4) is 0 Å². The molecule has 0 amide bonds. The van der Waals surface area contributed by atoms with E-state index < -0.39 is 0 Å². The molecule has 1 fully saturated rings. The fraction of sp³-hybridized carbons (Fsp3) is 0.294. The average Bonchev–Trinajstić information content (AvgIpc) is 2.89. The average molecular weight is 272 g/mol. The van der Waals surface area contributed by atoms with Gasteiger partial charge >= 0.3 is 0 Å². The van der Waals surface area contributed by atoms with Crippen LogP contribution in [-0.4, -0.2) is 12.6 Å². The first-order chi connectivity index (χ1) is 9.33. The monoisotopic (exact) mass is 271 g/mol. The first-order valence-electron chi connectivity index (χ1n) is 6.86. The number of halogens is 1. The SMILES string of the molecule is Clc1ccc(C2CCNC2Cc2ccccc2)cc1. The molecule has 3 rings (SSSR count). The van der Waals surface area contributed by atoms with Crippen molar-refractivity contribution in [3.05, 3.63) is 70.7 Å². The second-order valence-corrected chi connectivity index (χ2v) is 5.63. The summed E-state index contributed by atoms with van der Waals surface area (Å²) in [5.41, 5.74) is 2.80. The Morgan fingerprint density at radius 2 is 1.74 bits per heavy atom. The Hall–Kier alpha value is -1.31. The lowest BCUT2D eigenvalue weighted by molar-refractivity contribution is 0.544. The van der Waals surface area contributed by atoms with Crippen LogP contribution in [-0.2, 0) is 6.42 Å². The largest absolute Gasteiger partial charge is 0.313 e. The van der Waals surface area contributed by atoms with E-state index in [-0.39, 0.29) is 0 Å². The van der Waals surface area contributed by atoms with Crippen molar-refractivity contribution in [2.75, 3.05) is 6.54 Å². The maximum Gasteiger partial charge on any atom is 0.0406 e. The van der Waals surface area contributed by atoms with Crippen molar-refractivity contribution in [1.29, 1.82) is 0 Å². The molecule has 0 aliphatic carbocycles. The van der Waals surface area contributed by atoms with Crippen molar-refractivity contribution in [1.82, 2.24) is 5.32 Å². The lowest BCUT2D eigenvalue weighted by Gasteiger charge is -2.20. The normalized spacial score (nSPS) is 22.6. The van der Waals surface area contributed by atoms with E-state index in [2.05, 4.69) is 47.8 Å². The Bertz CT molecular complexity index is 521. The number of hydrogen-bond acceptors (Lipinski definition) is 1. The van der Waals surface area contributed by atoms with Crippen LogP contribution in [0.1, 0.15) is 23.5 Å². The van der Waals surface area contributed by atoms with E-state index in [1.54, 1.807) is 0 Å². The van der Waals surface area contributed by atoms with Gasteiger partial charge in [-0.1, -0.05) is 54.1 Å². The number of benzene rings is 2. The fourth-order valence-corrected chi connectivity index (χ4v) is 3.09. The first-order valence-corrected chi connectivity index (χ1v) is 7.23. The fourth-order valence-electron chi connectivity index (χ4n) is 2.96. The Kier molecular flexibility index (Phi) is 3.86. The van der Waals surface area contributed by atoms with E-state index in [1.165, 1.54) is 17.5 Å². The second kappa shape index (κ2) is 5.77. The van der Waals surface area contributed by atoms with Gasteiger partial charge in [0.05, 0.1) is 0 Å². The zero-order chi connectivity index (χ0) is 13.1. The van der Waals surface area contributed by atoms with Gasteiger partial charge in [0.25, 0.3) is 0 Å². The minimum atomic E-state index is 0.531. The van der Waals surface area contributed by atoms with Crippen molar-refractivity contribution >= 4 is 11.6 Å². The zero-order valence-corrected chi connectivity index (χ0v) is 11.6. The molecule has 1 aliphatic heterocycles. The van der Waals surface area contributed by atoms with Crippen LogP contribution in [0.2, 0.25) is 5.02 Å². The second-order valence-electron chi connectivity index (χ2n) is 5.20. The Balaban J connectivity index is 1.76. The number of rotatable bonds is 3. The summed E-state index contributed by atoms with van der Waals surface area (Å²) in [5.74, 6) is 0.595. The van der Waals surface area contributed by atoms with E-state index >= 15 is 0 Å². The Morgan fingerprint density at radius 3 is 2.47 bits per heavy atom. The summed E-state index contributed by atoms with van der Waals surface area (Å²) >= 11 is 5.97. The van der Waals surface area contributed by atoms with Crippen LogP contribution < -0.4 is 5.32 Å². The standard InChI is InChI=1S/C17H18ClN/c18-15-8-6-14(7-9-15)16-10-11-19-17(16)12-13-4-2-1-3-5-13/h1-9,16-17,19H,10-12H2. The van der Waals surface area contributed by atoms with Crippen LogP contribution >= 0.6 is 11.6 Å². The predicted octanol–water partition coefficient (Wildman–Crippen LogP) is 4.03. The molecule has 0 aromatic heterocycles. The highest BCUT2D eigenvalue weighted by atomic mass is 35.5. The van der Waals surface area contributed by atoms with Gasteiger partial charge in [0.15, 0.2) is 0 Å². The van der Waals surface area contributed by atoms with Gasteiger partial charge in [0, 0.05) is 17.0 Å². The minimum absolute atomic E-state index is 0.531. The van der Waals surface area contributed by atoms with E-state index in [0.29, 0.717) is 12.0 Å². The van der Waals surface area contributed by atoms with Gasteiger partial charge in [0.1, 0.15) is 0 Å². The molecule has 2 unspecified atom stereocenters. The third kappa shape index (κ3) is 2.99. The molecule has 2 heteroatoms. The molecule has 2 aromatic carbocycles. The minimum Gasteiger partial charge on any atom is -0.313 e. The van der Waals surface area contributed by atoms with Crippen molar-refractivity contribution in [2.45, 2.75) is 24.8 Å². The molecular weight excluding hydrogens is 254 g/mol. The maximum atomic E-state index is 5.97. The summed E-state index contributed by atoms with van der Waals surface area (Å²) in [4.78, 5) is 0. The lowest BCUT2D eigenvalue weighted by atomic mass is 9.88. The van der Waals surface area contributed by atoms with Crippen molar-refractivity contribution in [2.24, 2.45) is 0 Å². The van der Waals surface area contributed by atoms with Crippen molar-refractivity contribution in [3.63, 3.8) is 0 Å². The van der Waals surface area contributed by atoms with Crippen LogP contribution in [0.15, 0.2) is 54.6 Å². The van der Waals surface area contributed by atoms with Gasteiger partial charge in [-0.3, -0.25) is 0 Å². The molecule has 2 atom stereocenters. The molecule has 98 valence electrons. The lowest BCUT2D eigenvalue weighted by Crippen LogP contribution is -2.28. The summed E-state index contributed by atoms with van der Waals surface area (Å²) in [5, 5.41) is 4.45. The third-order valence-corrected chi connectivity index (χ3v) is 4.20. The molecule has 1 saturated heterocycles. The topological polar surface area (TPSA) is 12.0 Å². The van der Waals surface area contributed by atoms with Gasteiger partial charge in [-0.15, -0.1) is 0 Å². The highest BCUT2D eigenvalue weighted by molar-refractivity contribution is 6.30. The molecule has 1 heterocycles. The molecule has 0 bridgehead atoms. The molecule has 0 radical (unpaired) electrons. The van der Waals surface area contributed by atoms with Crippen LogP contribution in [0.3, 0.4) is 0 Å². The van der Waals surface area contributed by atoms with E-state index in [4.69, 9.17) is 11.6 Å². The van der Waals surface area contributed by atoms with Gasteiger partial charge in [0.2, 0.25) is 0 Å². The Labute approximate surface area is 119 Å². The zero-order valence-electron chi connectivity index (χ0n) is 10.9. The highest BCUT2D eigenvalue weighted by Gasteiger charge is 2.27. The predicted molar refractivity (Wildman–Crippen MR) is 80.7 cm³/mol. The maximum absolute atomic E-state index is 5.97. The van der Waals surface area contributed by atoms with E-state index in [1.807, 2.05) is 12.1 Å². The molecule has 0 saturated carbocycles. The molecular formula is C17H18ClN. The number of hydrogen-bond donors (Lipinski definition) is 1. The van der Waals surface area contributed by atoms with Gasteiger partial charge < -0.3 is 5.32 Å². The first kappa shape index (κ1) is 12.7. The van der Waals surface area contributed by atoms with Gasteiger partial charge in [-0.05, 0) is 42.6 Å². The summed E-state index contributed by atoms with van der Waals surface area (Å²) in [7, 11) is 0. The molecule has 0 spiro atoms. The molecule has 1 nitrogen and oxygen atoms in total. The molecule has 19 heavy (non-hydrogen) atoms. The summed E-state index contributed by atoms with van der Waals surface area (Å²) in [6.07, 6.45) is 2.30. The number of nitrogens with one attached hydrogen (secondary N) is 1. The molecule has 2 aromatic rings. The Morgan fingerprint density at radius 1 is 1.00 bits per heavy atom. The third-order valence-electron chi connectivity index (χ3n) is 3.94. The van der Waals surface area contributed by atoms with E-state index in [0.717, 1.165) is 18.0 Å². The van der Waals surface area contributed by atoms with Gasteiger partial charge in [-0.2, -0.15) is 0 Å². The summed E-state index contributed by atoms with van der Waals surface area (Å²) in [6.45, 7) is 1.10. The van der Waals surface area contributed by atoms with Crippen LogP contribution in [0.5, 0.6) is 0 Å². The smallest absolute Gasteiger partial charge is 0.0406 e. The van der Waals surface area contributed by atoms with Crippen molar-refractivity contribution < 1.29 is 0 Å².